The van der Waals surface area contributed by atoms with E-state index < -0.39 is 23.9 Å². The zero-order valence-corrected chi connectivity index (χ0v) is 8.34. The molecule has 1 amide bonds. The van der Waals surface area contributed by atoms with E-state index in [2.05, 4.69) is 5.32 Å². The molecule has 1 saturated carbocycles. The van der Waals surface area contributed by atoms with Gasteiger partial charge < -0.3 is 5.32 Å². The number of alkyl halides is 3. The number of halogens is 3. The Kier molecular flexibility index (Phi) is 2.40. The molecule has 0 aromatic heterocycles. The largest absolute Gasteiger partial charge is 0.349 e. The van der Waals surface area contributed by atoms with E-state index in [-0.39, 0.29) is 6.54 Å². The second-order valence-electron chi connectivity index (χ2n) is 3.85. The van der Waals surface area contributed by atoms with Gasteiger partial charge in [-0.3, -0.25) is 4.79 Å². The van der Waals surface area contributed by atoms with Crippen LogP contribution in [0.15, 0.2) is 30.3 Å². The predicted molar refractivity (Wildman–Crippen MR) is 51.7 cm³/mol. The lowest BCUT2D eigenvalue weighted by Crippen LogP contribution is -2.36. The molecule has 0 saturated heterocycles. The number of hydrogen-bond donors (Lipinski definition) is 1. The first-order valence-corrected chi connectivity index (χ1v) is 4.85. The fourth-order valence-electron chi connectivity index (χ4n) is 1.43. The second kappa shape index (κ2) is 3.50. The van der Waals surface area contributed by atoms with Crippen molar-refractivity contribution in [2.24, 2.45) is 0 Å². The molecule has 1 aliphatic carbocycles. The average molecular weight is 229 g/mol. The third-order valence-corrected chi connectivity index (χ3v) is 2.58. The number of nitrogens with one attached hydrogen (secondary N) is 1. The van der Waals surface area contributed by atoms with Gasteiger partial charge in [0.05, 0.1) is 6.42 Å². The van der Waals surface area contributed by atoms with Crippen molar-refractivity contribution in [1.29, 1.82) is 0 Å². The first-order valence-electron chi connectivity index (χ1n) is 4.85. The molecular weight excluding hydrogens is 219 g/mol. The first kappa shape index (κ1) is 11.0. The van der Waals surface area contributed by atoms with Gasteiger partial charge in [0.15, 0.2) is 0 Å². The summed E-state index contributed by atoms with van der Waals surface area (Å²) in [6.45, 7) is 0.0570. The number of carbonyl (C=O) groups excluding carboxylic acids is 1. The molecule has 86 valence electrons. The highest BCUT2D eigenvalue weighted by atomic mass is 19.3. The fourth-order valence-corrected chi connectivity index (χ4v) is 1.43. The average Bonchev–Trinajstić information content (AvgIpc) is 2.78. The van der Waals surface area contributed by atoms with E-state index in [9.17, 15) is 18.0 Å². The maximum atomic E-state index is 13.2. The molecule has 1 fully saturated rings. The van der Waals surface area contributed by atoms with Crippen LogP contribution in [0.2, 0.25) is 0 Å². The van der Waals surface area contributed by atoms with Gasteiger partial charge in [-0.25, -0.2) is 13.2 Å². The van der Waals surface area contributed by atoms with E-state index >= 15 is 0 Å². The summed E-state index contributed by atoms with van der Waals surface area (Å²) in [7, 11) is 0. The van der Waals surface area contributed by atoms with Gasteiger partial charge in [0.1, 0.15) is 0 Å². The number of hydrogen-bond acceptors (Lipinski definition) is 1. The lowest BCUT2D eigenvalue weighted by Gasteiger charge is -2.08. The van der Waals surface area contributed by atoms with Gasteiger partial charge in [-0.15, -0.1) is 0 Å². The fraction of sp³-hybridized carbons (Fsp3) is 0.364. The minimum atomic E-state index is -3.51. The molecule has 0 unspecified atom stereocenters. The molecule has 1 aromatic carbocycles. The Balaban J connectivity index is 1.91. The molecule has 0 spiro atoms. The van der Waals surface area contributed by atoms with Crippen molar-refractivity contribution in [3.8, 4) is 0 Å². The minimum absolute atomic E-state index is 0.0570. The molecule has 2 nitrogen and oxygen atoms in total. The summed E-state index contributed by atoms with van der Waals surface area (Å²) in [6.07, 6.45) is -1.01. The molecule has 0 radical (unpaired) electrons. The van der Waals surface area contributed by atoms with Crippen molar-refractivity contribution in [2.75, 3.05) is 0 Å². The lowest BCUT2D eigenvalue weighted by atomic mass is 10.2. The zero-order chi connectivity index (χ0) is 11.8. The lowest BCUT2D eigenvalue weighted by molar-refractivity contribution is -0.131. The van der Waals surface area contributed by atoms with Crippen LogP contribution >= 0.6 is 0 Å². The SMILES string of the molecule is O=C(NCc1ccccc1)[C@@]1(F)CC1(F)F. The Morgan fingerprint density at radius 2 is 1.81 bits per heavy atom. The molecule has 1 aliphatic rings. The third-order valence-electron chi connectivity index (χ3n) is 2.58. The van der Waals surface area contributed by atoms with Gasteiger partial charge in [-0.2, -0.15) is 0 Å². The van der Waals surface area contributed by atoms with Crippen LogP contribution in [0.25, 0.3) is 0 Å². The quantitative estimate of drug-likeness (QED) is 0.844. The molecule has 0 bridgehead atoms. The summed E-state index contributed by atoms with van der Waals surface area (Å²) in [6, 6.07) is 8.72. The van der Waals surface area contributed by atoms with Gasteiger partial charge in [-0.1, -0.05) is 30.3 Å². The van der Waals surface area contributed by atoms with Gasteiger partial charge in [0.25, 0.3) is 17.5 Å². The van der Waals surface area contributed by atoms with Crippen molar-refractivity contribution in [1.82, 2.24) is 5.32 Å². The Labute approximate surface area is 90.5 Å². The van der Waals surface area contributed by atoms with Crippen LogP contribution < -0.4 is 5.32 Å². The van der Waals surface area contributed by atoms with Crippen LogP contribution in [0.3, 0.4) is 0 Å². The Hall–Kier alpha value is -1.52. The van der Waals surface area contributed by atoms with E-state index in [1.54, 1.807) is 30.3 Å². The van der Waals surface area contributed by atoms with Crippen molar-refractivity contribution < 1.29 is 18.0 Å². The molecule has 1 aromatic rings. The standard InChI is InChI=1S/C11H10F3NO/c12-10(7-11(10,13)14)9(16)15-6-8-4-2-1-3-5-8/h1-5H,6-7H2,(H,15,16)/t10-/m0/s1. The number of carbonyl (C=O) groups is 1. The highest BCUT2D eigenvalue weighted by Gasteiger charge is 2.78. The summed E-state index contributed by atoms with van der Waals surface area (Å²) >= 11 is 0. The molecule has 0 aliphatic heterocycles. The van der Waals surface area contributed by atoms with Gasteiger partial charge >= 0.3 is 0 Å². The Bertz CT molecular complexity index is 407. The molecule has 1 atom stereocenters. The number of amides is 1. The van der Waals surface area contributed by atoms with Crippen LogP contribution in [0.1, 0.15) is 12.0 Å². The van der Waals surface area contributed by atoms with Crippen LogP contribution in [0.5, 0.6) is 0 Å². The van der Waals surface area contributed by atoms with E-state index in [1.165, 1.54) is 0 Å². The van der Waals surface area contributed by atoms with Crippen LogP contribution in [0.4, 0.5) is 13.2 Å². The monoisotopic (exact) mass is 229 g/mol. The number of rotatable bonds is 3. The summed E-state index contributed by atoms with van der Waals surface area (Å²) < 4.78 is 38.3. The van der Waals surface area contributed by atoms with Gasteiger partial charge in [0.2, 0.25) is 0 Å². The third kappa shape index (κ3) is 1.77. The minimum Gasteiger partial charge on any atom is -0.349 e. The van der Waals surface area contributed by atoms with Crippen molar-refractivity contribution in [2.45, 2.75) is 24.6 Å². The van der Waals surface area contributed by atoms with E-state index in [0.29, 0.717) is 0 Å². The van der Waals surface area contributed by atoms with Crippen molar-refractivity contribution in [3.05, 3.63) is 35.9 Å². The maximum Gasteiger partial charge on any atom is 0.294 e. The summed E-state index contributed by atoms with van der Waals surface area (Å²) in [4.78, 5) is 11.1. The topological polar surface area (TPSA) is 29.1 Å². The Morgan fingerprint density at radius 1 is 1.25 bits per heavy atom. The Morgan fingerprint density at radius 3 is 2.31 bits per heavy atom. The van der Waals surface area contributed by atoms with Crippen LogP contribution in [-0.2, 0) is 11.3 Å². The summed E-state index contributed by atoms with van der Waals surface area (Å²) in [5.41, 5.74) is -2.26. The molecule has 5 heteroatoms. The van der Waals surface area contributed by atoms with Gasteiger partial charge in [0, 0.05) is 6.54 Å². The molecule has 0 heterocycles. The highest BCUT2D eigenvalue weighted by molar-refractivity contribution is 5.90. The van der Waals surface area contributed by atoms with E-state index in [4.69, 9.17) is 0 Å². The van der Waals surface area contributed by atoms with Crippen molar-refractivity contribution >= 4 is 5.91 Å². The smallest absolute Gasteiger partial charge is 0.294 e. The molecular formula is C11H10F3NO. The number of benzene rings is 1. The van der Waals surface area contributed by atoms with Crippen LogP contribution in [-0.4, -0.2) is 17.5 Å². The van der Waals surface area contributed by atoms with Gasteiger partial charge in [-0.05, 0) is 5.56 Å². The predicted octanol–water partition coefficient (Wildman–Crippen LogP) is 2.05. The summed E-state index contributed by atoms with van der Waals surface area (Å²) in [5.74, 6) is -4.74. The van der Waals surface area contributed by atoms with E-state index in [0.717, 1.165) is 5.56 Å². The zero-order valence-electron chi connectivity index (χ0n) is 8.34. The summed E-state index contributed by atoms with van der Waals surface area (Å²) in [5, 5.41) is 2.16. The van der Waals surface area contributed by atoms with Crippen LogP contribution in [0, 0.1) is 0 Å². The molecule has 2 rings (SSSR count). The first-order chi connectivity index (χ1) is 7.46. The molecule has 16 heavy (non-hydrogen) atoms. The normalized spacial score (nSPS) is 26.2. The van der Waals surface area contributed by atoms with Crippen molar-refractivity contribution in [3.63, 3.8) is 0 Å². The van der Waals surface area contributed by atoms with E-state index in [1.807, 2.05) is 0 Å². The molecule has 1 N–H and O–H groups in total. The second-order valence-corrected chi connectivity index (χ2v) is 3.85. The maximum absolute atomic E-state index is 13.2. The highest BCUT2D eigenvalue weighted by Crippen LogP contribution is 2.55.